The van der Waals surface area contributed by atoms with Gasteiger partial charge in [0.05, 0.1) is 24.3 Å². The molecule has 0 N–H and O–H groups in total. The fourth-order valence-corrected chi connectivity index (χ4v) is 3.30. The van der Waals surface area contributed by atoms with Gasteiger partial charge in [-0.05, 0) is 78.2 Å². The predicted octanol–water partition coefficient (Wildman–Crippen LogP) is 5.59. The van der Waals surface area contributed by atoms with Gasteiger partial charge in [0, 0.05) is 5.02 Å². The van der Waals surface area contributed by atoms with E-state index < -0.39 is 11.9 Å². The summed E-state index contributed by atoms with van der Waals surface area (Å²) in [6.45, 7) is 6.17. The molecule has 0 unspecified atom stereocenters. The maximum Gasteiger partial charge on any atom is 0.345 e. The maximum absolute atomic E-state index is 12.2. The minimum absolute atomic E-state index is 0.140. The standard InChI is InChI=1S/C23H24BrClO6/c1-4-28-20-13-16(11-18(22(26)29-5-2)23(27)30-6-3)12-19(24)21(20)31-14-15-7-9-17(25)10-8-15/h7-13H,4-6,14H2,1-3H3. The fraction of sp³-hybridized carbons (Fsp3) is 0.304. The number of carbonyl (C=O) groups excluding carboxylic acids is 2. The zero-order valence-electron chi connectivity index (χ0n) is 17.6. The second-order valence-corrected chi connectivity index (χ2v) is 7.47. The summed E-state index contributed by atoms with van der Waals surface area (Å²) < 4.78 is 22.3. The van der Waals surface area contributed by atoms with Gasteiger partial charge in [-0.2, -0.15) is 0 Å². The first-order chi connectivity index (χ1) is 14.9. The van der Waals surface area contributed by atoms with Crippen molar-refractivity contribution in [3.05, 3.63) is 62.6 Å². The third kappa shape index (κ3) is 7.29. The van der Waals surface area contributed by atoms with Crippen LogP contribution < -0.4 is 9.47 Å². The molecular formula is C23H24BrClO6. The predicted molar refractivity (Wildman–Crippen MR) is 122 cm³/mol. The Morgan fingerprint density at radius 3 is 2.10 bits per heavy atom. The monoisotopic (exact) mass is 510 g/mol. The molecule has 8 heteroatoms. The van der Waals surface area contributed by atoms with Crippen molar-refractivity contribution in [2.45, 2.75) is 27.4 Å². The number of halogens is 2. The van der Waals surface area contributed by atoms with Crippen LogP contribution >= 0.6 is 27.5 Å². The van der Waals surface area contributed by atoms with E-state index in [1.807, 2.05) is 19.1 Å². The molecule has 2 rings (SSSR count). The number of rotatable bonds is 10. The molecule has 0 aromatic heterocycles. The van der Waals surface area contributed by atoms with Crippen LogP contribution in [0.4, 0.5) is 0 Å². The molecule has 0 aliphatic carbocycles. The Morgan fingerprint density at radius 1 is 0.935 bits per heavy atom. The Bertz CT molecular complexity index is 920. The molecule has 0 saturated carbocycles. The Labute approximate surface area is 195 Å². The molecule has 166 valence electrons. The van der Waals surface area contributed by atoms with Crippen molar-refractivity contribution in [2.75, 3.05) is 19.8 Å². The number of hydrogen-bond donors (Lipinski definition) is 0. The molecular weight excluding hydrogens is 488 g/mol. The fourth-order valence-electron chi connectivity index (χ4n) is 2.60. The van der Waals surface area contributed by atoms with Crippen molar-refractivity contribution in [2.24, 2.45) is 0 Å². The summed E-state index contributed by atoms with van der Waals surface area (Å²) in [4.78, 5) is 24.5. The lowest BCUT2D eigenvalue weighted by Gasteiger charge is -2.15. The summed E-state index contributed by atoms with van der Waals surface area (Å²) in [5.74, 6) is -0.539. The summed E-state index contributed by atoms with van der Waals surface area (Å²) in [5, 5.41) is 0.648. The lowest BCUT2D eigenvalue weighted by molar-refractivity contribution is -0.146. The molecule has 0 heterocycles. The Morgan fingerprint density at radius 2 is 1.55 bits per heavy atom. The maximum atomic E-state index is 12.2. The van der Waals surface area contributed by atoms with Crippen molar-refractivity contribution < 1.29 is 28.5 Å². The Hall–Kier alpha value is -2.51. The second kappa shape index (κ2) is 12.4. The quantitative estimate of drug-likeness (QED) is 0.179. The lowest BCUT2D eigenvalue weighted by atomic mass is 10.1. The van der Waals surface area contributed by atoms with Crippen LogP contribution in [0.5, 0.6) is 11.5 Å². The number of ether oxygens (including phenoxy) is 4. The van der Waals surface area contributed by atoms with E-state index in [2.05, 4.69) is 15.9 Å². The number of esters is 2. The van der Waals surface area contributed by atoms with E-state index >= 15 is 0 Å². The van der Waals surface area contributed by atoms with E-state index in [4.69, 9.17) is 30.5 Å². The summed E-state index contributed by atoms with van der Waals surface area (Å²) in [6.07, 6.45) is 1.41. The van der Waals surface area contributed by atoms with E-state index in [1.165, 1.54) is 6.08 Å². The molecule has 0 aliphatic rings. The van der Waals surface area contributed by atoms with Gasteiger partial charge >= 0.3 is 11.9 Å². The molecule has 0 spiro atoms. The van der Waals surface area contributed by atoms with Gasteiger partial charge in [-0.15, -0.1) is 0 Å². The summed E-state index contributed by atoms with van der Waals surface area (Å²) >= 11 is 9.41. The van der Waals surface area contributed by atoms with Gasteiger partial charge in [0.15, 0.2) is 11.5 Å². The smallest absolute Gasteiger partial charge is 0.345 e. The van der Waals surface area contributed by atoms with E-state index in [1.54, 1.807) is 38.1 Å². The summed E-state index contributed by atoms with van der Waals surface area (Å²) in [7, 11) is 0. The molecule has 0 bridgehead atoms. The zero-order valence-corrected chi connectivity index (χ0v) is 19.9. The number of carbonyl (C=O) groups is 2. The molecule has 0 saturated heterocycles. The van der Waals surface area contributed by atoms with E-state index in [0.717, 1.165) is 5.56 Å². The van der Waals surface area contributed by atoms with Crippen LogP contribution in [0.1, 0.15) is 31.9 Å². The van der Waals surface area contributed by atoms with Crippen LogP contribution in [0.25, 0.3) is 6.08 Å². The Balaban J connectivity index is 2.37. The highest BCUT2D eigenvalue weighted by Crippen LogP contribution is 2.38. The van der Waals surface area contributed by atoms with Crippen molar-refractivity contribution in [3.63, 3.8) is 0 Å². The molecule has 2 aromatic rings. The van der Waals surface area contributed by atoms with Crippen molar-refractivity contribution in [1.82, 2.24) is 0 Å². The molecule has 0 aliphatic heterocycles. The molecule has 2 aromatic carbocycles. The van der Waals surface area contributed by atoms with Crippen LogP contribution in [-0.2, 0) is 25.7 Å². The lowest BCUT2D eigenvalue weighted by Crippen LogP contribution is -2.18. The number of benzene rings is 2. The normalized spacial score (nSPS) is 10.2. The first kappa shape index (κ1) is 24.8. The minimum atomic E-state index is -0.752. The van der Waals surface area contributed by atoms with Gasteiger partial charge in [0.25, 0.3) is 0 Å². The van der Waals surface area contributed by atoms with Gasteiger partial charge in [0.2, 0.25) is 0 Å². The third-order valence-corrected chi connectivity index (χ3v) is 4.77. The second-order valence-electron chi connectivity index (χ2n) is 6.18. The zero-order chi connectivity index (χ0) is 22.8. The molecule has 0 atom stereocenters. The molecule has 0 fully saturated rings. The van der Waals surface area contributed by atoms with Crippen LogP contribution in [-0.4, -0.2) is 31.8 Å². The van der Waals surface area contributed by atoms with Crippen molar-refractivity contribution in [1.29, 1.82) is 0 Å². The van der Waals surface area contributed by atoms with Gasteiger partial charge in [0.1, 0.15) is 12.2 Å². The van der Waals surface area contributed by atoms with E-state index in [0.29, 0.717) is 39.8 Å². The van der Waals surface area contributed by atoms with Crippen molar-refractivity contribution in [3.8, 4) is 11.5 Å². The topological polar surface area (TPSA) is 71.1 Å². The average Bonchev–Trinajstić information content (AvgIpc) is 2.73. The van der Waals surface area contributed by atoms with E-state index in [9.17, 15) is 9.59 Å². The summed E-state index contributed by atoms with van der Waals surface area (Å²) in [6, 6.07) is 10.7. The van der Waals surface area contributed by atoms with Crippen LogP contribution in [0, 0.1) is 0 Å². The highest BCUT2D eigenvalue weighted by Gasteiger charge is 2.22. The highest BCUT2D eigenvalue weighted by molar-refractivity contribution is 9.10. The SMILES string of the molecule is CCOC(=O)C(=Cc1cc(Br)c(OCc2ccc(Cl)cc2)c(OCC)c1)C(=O)OCC. The molecule has 0 radical (unpaired) electrons. The Kier molecular flexibility index (Phi) is 9.88. The third-order valence-electron chi connectivity index (χ3n) is 3.93. The van der Waals surface area contributed by atoms with Gasteiger partial charge < -0.3 is 18.9 Å². The van der Waals surface area contributed by atoms with Gasteiger partial charge in [-0.25, -0.2) is 9.59 Å². The first-order valence-corrected chi connectivity index (χ1v) is 11.0. The molecule has 0 amide bonds. The minimum Gasteiger partial charge on any atom is -0.490 e. The van der Waals surface area contributed by atoms with Gasteiger partial charge in [-0.3, -0.25) is 0 Å². The molecule has 6 nitrogen and oxygen atoms in total. The van der Waals surface area contributed by atoms with Crippen LogP contribution in [0.15, 0.2) is 46.4 Å². The average molecular weight is 512 g/mol. The highest BCUT2D eigenvalue weighted by atomic mass is 79.9. The van der Waals surface area contributed by atoms with Crippen LogP contribution in [0.2, 0.25) is 5.02 Å². The summed E-state index contributed by atoms with van der Waals surface area (Å²) in [5.41, 5.74) is 1.28. The van der Waals surface area contributed by atoms with Crippen molar-refractivity contribution >= 4 is 45.5 Å². The number of hydrogen-bond acceptors (Lipinski definition) is 6. The van der Waals surface area contributed by atoms with Crippen LogP contribution in [0.3, 0.4) is 0 Å². The largest absolute Gasteiger partial charge is 0.490 e. The molecule has 31 heavy (non-hydrogen) atoms. The first-order valence-electron chi connectivity index (χ1n) is 9.79. The van der Waals surface area contributed by atoms with Gasteiger partial charge in [-0.1, -0.05) is 23.7 Å². The van der Waals surface area contributed by atoms with E-state index in [-0.39, 0.29) is 18.8 Å².